The zero-order valence-corrected chi connectivity index (χ0v) is 11.1. The highest BCUT2D eigenvalue weighted by Crippen LogP contribution is 2.26. The molecule has 1 aromatic heterocycles. The summed E-state index contributed by atoms with van der Waals surface area (Å²) in [6, 6.07) is 3.04. The largest absolute Gasteiger partial charge is 0.462 e. The number of ether oxygens (including phenoxy) is 2. The van der Waals surface area contributed by atoms with Crippen LogP contribution in [0.15, 0.2) is 27.6 Å². The Balaban J connectivity index is 2.50. The Hall–Kier alpha value is -1.85. The molecule has 0 atom stereocenters. The molecule has 0 radical (unpaired) electrons. The first-order valence-corrected chi connectivity index (χ1v) is 5.82. The van der Waals surface area contributed by atoms with Crippen LogP contribution < -0.4 is 10.2 Å². The summed E-state index contributed by atoms with van der Waals surface area (Å²) >= 11 is 5.70. The van der Waals surface area contributed by atoms with Crippen LogP contribution in [0.5, 0.6) is 5.75 Å². The molecule has 0 aliphatic heterocycles. The summed E-state index contributed by atoms with van der Waals surface area (Å²) in [5.41, 5.74) is 0.577. The third-order valence-corrected chi connectivity index (χ3v) is 2.84. The first kappa shape index (κ1) is 13.6. The summed E-state index contributed by atoms with van der Waals surface area (Å²) in [6.07, 6.45) is 1.17. The highest BCUT2D eigenvalue weighted by Gasteiger charge is 2.13. The molecular weight excluding hydrogens is 272 g/mol. The zero-order chi connectivity index (χ0) is 14.0. The number of halogens is 1. The average Bonchev–Trinajstić information content (AvgIpc) is 2.37. The number of hydrogen-bond acceptors (Lipinski definition) is 5. The van der Waals surface area contributed by atoms with Crippen LogP contribution in [0.25, 0.3) is 11.0 Å². The SMILES string of the molecule is COCC(=O)Oc1ccc2c(=O)c(Cl)coc2c1C. The lowest BCUT2D eigenvalue weighted by Crippen LogP contribution is -2.15. The number of rotatable bonds is 3. The molecule has 2 rings (SSSR count). The highest BCUT2D eigenvalue weighted by atomic mass is 35.5. The van der Waals surface area contributed by atoms with E-state index >= 15 is 0 Å². The Morgan fingerprint density at radius 1 is 1.42 bits per heavy atom. The van der Waals surface area contributed by atoms with Crippen LogP contribution in [0.2, 0.25) is 5.02 Å². The number of hydrogen-bond donors (Lipinski definition) is 0. The molecule has 1 aromatic carbocycles. The van der Waals surface area contributed by atoms with E-state index in [9.17, 15) is 9.59 Å². The van der Waals surface area contributed by atoms with Gasteiger partial charge in [0.15, 0.2) is 0 Å². The van der Waals surface area contributed by atoms with Crippen molar-refractivity contribution in [2.75, 3.05) is 13.7 Å². The Labute approximate surface area is 113 Å². The molecule has 0 aliphatic rings. The molecule has 5 nitrogen and oxygen atoms in total. The maximum Gasteiger partial charge on any atom is 0.337 e. The molecule has 100 valence electrons. The number of carbonyl (C=O) groups excluding carboxylic acids is 1. The van der Waals surface area contributed by atoms with Gasteiger partial charge in [0.2, 0.25) is 5.43 Å². The van der Waals surface area contributed by atoms with Crippen LogP contribution in [0.1, 0.15) is 5.56 Å². The maximum atomic E-state index is 11.8. The topological polar surface area (TPSA) is 65.7 Å². The second kappa shape index (κ2) is 5.42. The van der Waals surface area contributed by atoms with E-state index in [2.05, 4.69) is 4.74 Å². The van der Waals surface area contributed by atoms with Crippen molar-refractivity contribution in [3.05, 3.63) is 39.2 Å². The summed E-state index contributed by atoms with van der Waals surface area (Å²) in [4.78, 5) is 23.2. The monoisotopic (exact) mass is 282 g/mol. The Morgan fingerprint density at radius 3 is 2.84 bits per heavy atom. The van der Waals surface area contributed by atoms with Crippen molar-refractivity contribution in [2.24, 2.45) is 0 Å². The van der Waals surface area contributed by atoms with E-state index in [1.165, 1.54) is 25.5 Å². The van der Waals surface area contributed by atoms with Gasteiger partial charge in [-0.3, -0.25) is 4.79 Å². The van der Waals surface area contributed by atoms with E-state index < -0.39 is 5.97 Å². The van der Waals surface area contributed by atoms with E-state index in [0.29, 0.717) is 22.3 Å². The first-order valence-electron chi connectivity index (χ1n) is 5.45. The quantitative estimate of drug-likeness (QED) is 0.638. The van der Waals surface area contributed by atoms with Gasteiger partial charge in [-0.1, -0.05) is 11.6 Å². The lowest BCUT2D eigenvalue weighted by atomic mass is 10.1. The van der Waals surface area contributed by atoms with Gasteiger partial charge < -0.3 is 13.9 Å². The highest BCUT2D eigenvalue weighted by molar-refractivity contribution is 6.30. The third kappa shape index (κ3) is 2.62. The fourth-order valence-electron chi connectivity index (χ4n) is 1.68. The van der Waals surface area contributed by atoms with Crippen LogP contribution in [-0.2, 0) is 9.53 Å². The number of methoxy groups -OCH3 is 1. The number of carbonyl (C=O) groups is 1. The number of aryl methyl sites for hydroxylation is 1. The first-order chi connectivity index (χ1) is 9.04. The van der Waals surface area contributed by atoms with Gasteiger partial charge in [-0.05, 0) is 19.1 Å². The van der Waals surface area contributed by atoms with Crippen LogP contribution in [0, 0.1) is 6.92 Å². The van der Waals surface area contributed by atoms with Crippen molar-refractivity contribution >= 4 is 28.5 Å². The van der Waals surface area contributed by atoms with Gasteiger partial charge in [0.05, 0.1) is 5.39 Å². The van der Waals surface area contributed by atoms with Crippen molar-refractivity contribution in [1.82, 2.24) is 0 Å². The molecule has 0 aliphatic carbocycles. The van der Waals surface area contributed by atoms with Gasteiger partial charge in [-0.15, -0.1) is 0 Å². The smallest absolute Gasteiger partial charge is 0.337 e. The maximum absolute atomic E-state index is 11.8. The standard InChI is InChI=1S/C13H11ClO5/c1-7-10(19-11(15)6-17-2)4-3-8-12(16)9(14)5-18-13(7)8/h3-5H,6H2,1-2H3. The molecule has 0 bridgehead atoms. The van der Waals surface area contributed by atoms with Gasteiger partial charge in [-0.25, -0.2) is 4.79 Å². The predicted molar refractivity (Wildman–Crippen MR) is 69.7 cm³/mol. The molecule has 0 saturated carbocycles. The minimum atomic E-state index is -0.527. The van der Waals surface area contributed by atoms with Gasteiger partial charge >= 0.3 is 5.97 Å². The van der Waals surface area contributed by atoms with Crippen molar-refractivity contribution in [1.29, 1.82) is 0 Å². The van der Waals surface area contributed by atoms with Crippen LogP contribution in [0.3, 0.4) is 0 Å². The van der Waals surface area contributed by atoms with E-state index in [1.807, 2.05) is 0 Å². The van der Waals surface area contributed by atoms with E-state index in [-0.39, 0.29) is 17.1 Å². The van der Waals surface area contributed by atoms with Gasteiger partial charge in [0.25, 0.3) is 0 Å². The summed E-state index contributed by atoms with van der Waals surface area (Å²) in [6.45, 7) is 1.54. The van der Waals surface area contributed by atoms with Crippen molar-refractivity contribution in [3.63, 3.8) is 0 Å². The lowest BCUT2D eigenvalue weighted by Gasteiger charge is -2.08. The minimum Gasteiger partial charge on any atom is -0.462 e. The normalized spacial score (nSPS) is 10.7. The second-order valence-corrected chi connectivity index (χ2v) is 4.29. The Morgan fingerprint density at radius 2 is 2.16 bits per heavy atom. The molecule has 0 unspecified atom stereocenters. The van der Waals surface area contributed by atoms with Crippen molar-refractivity contribution in [2.45, 2.75) is 6.92 Å². The molecule has 0 N–H and O–H groups in total. The molecule has 1 heterocycles. The minimum absolute atomic E-state index is 0.0102. The molecule has 0 amide bonds. The Bertz CT molecular complexity index is 689. The summed E-state index contributed by atoms with van der Waals surface area (Å²) < 4.78 is 15.1. The molecular formula is C13H11ClO5. The predicted octanol–water partition coefficient (Wildman–Crippen LogP) is 2.31. The molecule has 0 spiro atoms. The van der Waals surface area contributed by atoms with Crippen LogP contribution in [-0.4, -0.2) is 19.7 Å². The zero-order valence-electron chi connectivity index (χ0n) is 10.4. The van der Waals surface area contributed by atoms with E-state index in [4.69, 9.17) is 20.8 Å². The lowest BCUT2D eigenvalue weighted by molar-refractivity contribution is -0.138. The van der Waals surface area contributed by atoms with Crippen molar-refractivity contribution < 1.29 is 18.7 Å². The van der Waals surface area contributed by atoms with Crippen molar-refractivity contribution in [3.8, 4) is 5.75 Å². The third-order valence-electron chi connectivity index (χ3n) is 2.58. The van der Waals surface area contributed by atoms with Gasteiger partial charge in [0.1, 0.15) is 29.2 Å². The summed E-state index contributed by atoms with van der Waals surface area (Å²) in [7, 11) is 1.40. The van der Waals surface area contributed by atoms with Crippen LogP contribution in [0.4, 0.5) is 0 Å². The summed E-state index contributed by atoms with van der Waals surface area (Å²) in [5.74, 6) is -0.207. The molecule has 2 aromatic rings. The van der Waals surface area contributed by atoms with E-state index in [1.54, 1.807) is 6.92 Å². The Kier molecular flexibility index (Phi) is 3.87. The molecule has 6 heteroatoms. The van der Waals surface area contributed by atoms with Gasteiger partial charge in [0, 0.05) is 12.7 Å². The molecule has 0 saturated heterocycles. The molecule has 0 fully saturated rings. The van der Waals surface area contributed by atoms with E-state index in [0.717, 1.165) is 0 Å². The fourth-order valence-corrected chi connectivity index (χ4v) is 1.82. The summed E-state index contributed by atoms with van der Waals surface area (Å²) in [5, 5.41) is 0.354. The van der Waals surface area contributed by atoms with Crippen LogP contribution >= 0.6 is 11.6 Å². The molecule has 19 heavy (non-hydrogen) atoms. The number of benzene rings is 1. The fraction of sp³-hybridized carbons (Fsp3) is 0.231. The number of fused-ring (bicyclic) bond motifs is 1. The number of esters is 1. The second-order valence-electron chi connectivity index (χ2n) is 3.89. The average molecular weight is 283 g/mol. The van der Waals surface area contributed by atoms with Gasteiger partial charge in [-0.2, -0.15) is 0 Å².